The van der Waals surface area contributed by atoms with Crippen LogP contribution in [0.1, 0.15) is 20.8 Å². The second kappa shape index (κ2) is 6.74. The Morgan fingerprint density at radius 2 is 2.12 bits per heavy atom. The van der Waals surface area contributed by atoms with E-state index in [9.17, 15) is 9.59 Å². The van der Waals surface area contributed by atoms with Gasteiger partial charge in [-0.05, 0) is 39.0 Å². The number of benzene rings is 1. The number of nitrogens with zero attached hydrogens (tertiary/aromatic N) is 3. The topological polar surface area (TPSA) is 73.7 Å². The van der Waals surface area contributed by atoms with Crippen LogP contribution in [-0.2, 0) is 16.1 Å². The van der Waals surface area contributed by atoms with Crippen molar-refractivity contribution in [3.05, 3.63) is 24.4 Å². The molecule has 25 heavy (non-hydrogen) atoms. The smallest absolute Gasteiger partial charge is 0.410 e. The van der Waals surface area contributed by atoms with Gasteiger partial charge in [-0.3, -0.25) is 9.48 Å². The highest BCUT2D eigenvalue weighted by atomic mass is 16.6. The van der Waals surface area contributed by atoms with Gasteiger partial charge in [-0.2, -0.15) is 5.10 Å². The third kappa shape index (κ3) is 4.29. The summed E-state index contributed by atoms with van der Waals surface area (Å²) in [7, 11) is 0. The van der Waals surface area contributed by atoms with Crippen molar-refractivity contribution in [1.29, 1.82) is 0 Å². The Labute approximate surface area is 146 Å². The summed E-state index contributed by atoms with van der Waals surface area (Å²) in [6.45, 7) is 7.75. The molecular formula is C18H23N3O4. The van der Waals surface area contributed by atoms with E-state index < -0.39 is 5.60 Å². The SMILES string of the molecule is CC(C)(C)OC(=O)N1CC(Cn2cc3cc(OCC=O)ccc3n2)C1. The van der Waals surface area contributed by atoms with Crippen LogP contribution >= 0.6 is 0 Å². The zero-order chi connectivity index (χ0) is 18.0. The third-order valence-corrected chi connectivity index (χ3v) is 3.90. The van der Waals surface area contributed by atoms with Crippen LogP contribution in [0.3, 0.4) is 0 Å². The molecule has 2 heterocycles. The number of carbonyl (C=O) groups is 2. The van der Waals surface area contributed by atoms with Gasteiger partial charge < -0.3 is 14.4 Å². The molecule has 1 fully saturated rings. The number of aldehydes is 1. The summed E-state index contributed by atoms with van der Waals surface area (Å²) in [5, 5.41) is 5.51. The summed E-state index contributed by atoms with van der Waals surface area (Å²) in [4.78, 5) is 24.0. The molecule has 0 saturated carbocycles. The fourth-order valence-corrected chi connectivity index (χ4v) is 2.79. The van der Waals surface area contributed by atoms with E-state index in [2.05, 4.69) is 5.10 Å². The molecule has 0 aliphatic carbocycles. The van der Waals surface area contributed by atoms with E-state index in [4.69, 9.17) is 9.47 Å². The van der Waals surface area contributed by atoms with Crippen molar-refractivity contribution in [2.24, 2.45) is 5.92 Å². The normalized spacial score (nSPS) is 15.1. The first-order valence-electron chi connectivity index (χ1n) is 8.35. The maximum atomic E-state index is 11.9. The molecule has 1 amide bonds. The molecule has 0 N–H and O–H groups in total. The van der Waals surface area contributed by atoms with Crippen molar-refractivity contribution in [1.82, 2.24) is 14.7 Å². The standard InChI is InChI=1S/C18H23N3O4/c1-18(2,3)25-17(23)20-9-13(10-20)11-21-12-14-8-15(24-7-6-22)4-5-16(14)19-21/h4-6,8,12-13H,7,9-11H2,1-3H3. The van der Waals surface area contributed by atoms with E-state index in [1.807, 2.05) is 43.8 Å². The number of amides is 1. The number of aromatic nitrogens is 2. The van der Waals surface area contributed by atoms with Crippen molar-refractivity contribution in [2.45, 2.75) is 32.9 Å². The Hall–Kier alpha value is -2.57. The summed E-state index contributed by atoms with van der Waals surface area (Å²) in [6, 6.07) is 5.55. The van der Waals surface area contributed by atoms with E-state index in [0.29, 0.717) is 24.8 Å². The van der Waals surface area contributed by atoms with Gasteiger partial charge >= 0.3 is 6.09 Å². The first-order valence-corrected chi connectivity index (χ1v) is 8.35. The van der Waals surface area contributed by atoms with Crippen LogP contribution in [0.2, 0.25) is 0 Å². The summed E-state index contributed by atoms with van der Waals surface area (Å²) in [6.07, 6.45) is 2.42. The van der Waals surface area contributed by atoms with Crippen LogP contribution in [0.25, 0.3) is 10.9 Å². The molecule has 7 heteroatoms. The third-order valence-electron chi connectivity index (χ3n) is 3.90. The Morgan fingerprint density at radius 1 is 1.36 bits per heavy atom. The zero-order valence-corrected chi connectivity index (χ0v) is 14.8. The summed E-state index contributed by atoms with van der Waals surface area (Å²) in [5.41, 5.74) is 0.410. The number of likely N-dealkylation sites (tertiary alicyclic amines) is 1. The van der Waals surface area contributed by atoms with E-state index in [1.54, 1.807) is 11.0 Å². The highest BCUT2D eigenvalue weighted by molar-refractivity contribution is 5.79. The quantitative estimate of drug-likeness (QED) is 0.779. The molecule has 0 radical (unpaired) electrons. The maximum Gasteiger partial charge on any atom is 0.410 e. The van der Waals surface area contributed by atoms with Gasteiger partial charge in [0.2, 0.25) is 0 Å². The van der Waals surface area contributed by atoms with Gasteiger partial charge in [-0.25, -0.2) is 4.79 Å². The Balaban J connectivity index is 1.56. The van der Waals surface area contributed by atoms with E-state index in [0.717, 1.165) is 23.7 Å². The van der Waals surface area contributed by atoms with Crippen molar-refractivity contribution >= 4 is 23.3 Å². The molecule has 2 aromatic rings. The van der Waals surface area contributed by atoms with E-state index in [-0.39, 0.29) is 12.7 Å². The molecule has 3 rings (SSSR count). The van der Waals surface area contributed by atoms with Gasteiger partial charge in [0.25, 0.3) is 0 Å². The number of hydrogen-bond donors (Lipinski definition) is 0. The lowest BCUT2D eigenvalue weighted by Gasteiger charge is -2.39. The van der Waals surface area contributed by atoms with Gasteiger partial charge in [-0.15, -0.1) is 0 Å². The number of rotatable bonds is 5. The summed E-state index contributed by atoms with van der Waals surface area (Å²) >= 11 is 0. The molecular weight excluding hydrogens is 322 g/mol. The largest absolute Gasteiger partial charge is 0.486 e. The lowest BCUT2D eigenvalue weighted by molar-refractivity contribution is -0.109. The number of fused-ring (bicyclic) bond motifs is 1. The lowest BCUT2D eigenvalue weighted by Crippen LogP contribution is -2.52. The first-order chi connectivity index (χ1) is 11.8. The van der Waals surface area contributed by atoms with Crippen LogP contribution in [-0.4, -0.2) is 52.4 Å². The average Bonchev–Trinajstić information content (AvgIpc) is 2.88. The van der Waals surface area contributed by atoms with Gasteiger partial charge in [0, 0.05) is 37.1 Å². The van der Waals surface area contributed by atoms with Crippen LogP contribution in [0.4, 0.5) is 4.79 Å². The molecule has 1 aromatic carbocycles. The minimum atomic E-state index is -0.467. The van der Waals surface area contributed by atoms with Gasteiger partial charge in [0.15, 0.2) is 6.29 Å². The highest BCUT2D eigenvalue weighted by Crippen LogP contribution is 2.23. The molecule has 7 nitrogen and oxygen atoms in total. The van der Waals surface area contributed by atoms with Crippen molar-refractivity contribution in [2.75, 3.05) is 19.7 Å². The van der Waals surface area contributed by atoms with Gasteiger partial charge in [-0.1, -0.05) is 0 Å². The molecule has 0 unspecified atom stereocenters. The molecule has 1 aliphatic rings. The van der Waals surface area contributed by atoms with Crippen LogP contribution < -0.4 is 4.74 Å². The van der Waals surface area contributed by atoms with Gasteiger partial charge in [0.05, 0.1) is 5.52 Å². The Bertz CT molecular complexity index is 772. The summed E-state index contributed by atoms with van der Waals surface area (Å²) < 4.78 is 12.6. The minimum absolute atomic E-state index is 0.0439. The molecule has 0 atom stereocenters. The lowest BCUT2D eigenvalue weighted by atomic mass is 10.0. The first kappa shape index (κ1) is 17.3. The molecule has 1 aromatic heterocycles. The second-order valence-electron chi connectivity index (χ2n) is 7.30. The average molecular weight is 345 g/mol. The van der Waals surface area contributed by atoms with Gasteiger partial charge in [0.1, 0.15) is 18.0 Å². The summed E-state index contributed by atoms with van der Waals surface area (Å²) in [5.74, 6) is 1.02. The second-order valence-corrected chi connectivity index (χ2v) is 7.30. The molecule has 0 spiro atoms. The van der Waals surface area contributed by atoms with Crippen LogP contribution in [0.15, 0.2) is 24.4 Å². The van der Waals surface area contributed by atoms with E-state index in [1.165, 1.54) is 0 Å². The Kier molecular flexibility index (Phi) is 4.65. The van der Waals surface area contributed by atoms with Crippen molar-refractivity contribution < 1.29 is 19.1 Å². The fraction of sp³-hybridized carbons (Fsp3) is 0.500. The number of ether oxygens (including phenoxy) is 2. The number of hydrogen-bond acceptors (Lipinski definition) is 5. The minimum Gasteiger partial charge on any atom is -0.486 e. The predicted molar refractivity (Wildman–Crippen MR) is 92.6 cm³/mol. The van der Waals surface area contributed by atoms with Crippen molar-refractivity contribution in [3.63, 3.8) is 0 Å². The predicted octanol–water partition coefficient (Wildman–Crippen LogP) is 2.48. The zero-order valence-electron chi connectivity index (χ0n) is 14.8. The monoisotopic (exact) mass is 345 g/mol. The Morgan fingerprint density at radius 3 is 2.80 bits per heavy atom. The molecule has 1 saturated heterocycles. The van der Waals surface area contributed by atoms with Crippen LogP contribution in [0, 0.1) is 5.92 Å². The maximum absolute atomic E-state index is 11.9. The van der Waals surface area contributed by atoms with Crippen molar-refractivity contribution in [3.8, 4) is 5.75 Å². The van der Waals surface area contributed by atoms with E-state index >= 15 is 0 Å². The molecule has 1 aliphatic heterocycles. The number of carbonyl (C=O) groups excluding carboxylic acids is 2. The molecule has 134 valence electrons. The van der Waals surface area contributed by atoms with Crippen LogP contribution in [0.5, 0.6) is 5.75 Å². The highest BCUT2D eigenvalue weighted by Gasteiger charge is 2.33. The fourth-order valence-electron chi connectivity index (χ4n) is 2.79. The molecule has 0 bridgehead atoms.